The fourth-order valence-electron chi connectivity index (χ4n) is 3.13. The third-order valence-corrected chi connectivity index (χ3v) is 4.37. The number of carbonyl (C=O) groups excluding carboxylic acids is 1. The zero-order valence-electron chi connectivity index (χ0n) is 15.1. The monoisotopic (exact) mass is 356 g/mol. The van der Waals surface area contributed by atoms with Crippen LogP contribution in [0.25, 0.3) is 0 Å². The Labute approximate surface area is 147 Å². The van der Waals surface area contributed by atoms with E-state index in [4.69, 9.17) is 9.47 Å². The highest BCUT2D eigenvalue weighted by Crippen LogP contribution is 2.33. The first-order valence-electron chi connectivity index (χ1n) is 8.50. The van der Waals surface area contributed by atoms with Crippen molar-refractivity contribution in [2.45, 2.75) is 32.7 Å². The van der Waals surface area contributed by atoms with Crippen molar-refractivity contribution < 1.29 is 23.0 Å². The molecule has 0 saturated carbocycles. The summed E-state index contributed by atoms with van der Waals surface area (Å²) >= 11 is 0. The molecule has 0 atom stereocenters. The maximum absolute atomic E-state index is 12.7. The number of carbonyl (C=O) groups is 1. The molecule has 0 aliphatic carbocycles. The van der Waals surface area contributed by atoms with Gasteiger partial charge in [-0.25, -0.2) is 8.78 Å². The Balaban J connectivity index is 2.06. The largest absolute Gasteiger partial charge is 0.493 e. The number of methoxy groups -OCH3 is 2. The summed E-state index contributed by atoms with van der Waals surface area (Å²) in [6.07, 6.45) is -0.984. The molecule has 0 aromatic heterocycles. The highest BCUT2D eigenvalue weighted by atomic mass is 19.3. The van der Waals surface area contributed by atoms with Crippen molar-refractivity contribution in [1.82, 2.24) is 9.80 Å². The van der Waals surface area contributed by atoms with Crippen LogP contribution in [-0.2, 0) is 17.8 Å². The van der Waals surface area contributed by atoms with Gasteiger partial charge in [0.05, 0.1) is 27.3 Å². The van der Waals surface area contributed by atoms with Crippen molar-refractivity contribution in [3.63, 3.8) is 0 Å². The van der Waals surface area contributed by atoms with E-state index < -0.39 is 6.43 Å². The summed E-state index contributed by atoms with van der Waals surface area (Å²) in [5, 5.41) is 0. The van der Waals surface area contributed by atoms with E-state index in [0.717, 1.165) is 17.5 Å². The van der Waals surface area contributed by atoms with Gasteiger partial charge < -0.3 is 14.4 Å². The van der Waals surface area contributed by atoms with Crippen LogP contribution < -0.4 is 9.47 Å². The first kappa shape index (κ1) is 19.4. The average molecular weight is 356 g/mol. The maximum Gasteiger partial charge on any atom is 0.251 e. The number of nitrogens with zero attached hydrogens (tertiary/aromatic N) is 2. The Morgan fingerprint density at radius 3 is 2.44 bits per heavy atom. The standard InChI is InChI=1S/C18H26F2N2O3/c1-4-6-21(11-17(19)20)12-18(23)22-7-5-13-8-15(24-2)16(25-3)9-14(13)10-22/h8-9,17H,4-7,10-12H2,1-3H3. The van der Waals surface area contributed by atoms with Crippen LogP contribution in [0.1, 0.15) is 24.5 Å². The zero-order chi connectivity index (χ0) is 18.4. The van der Waals surface area contributed by atoms with Crippen LogP contribution in [0.5, 0.6) is 11.5 Å². The first-order chi connectivity index (χ1) is 12.0. The van der Waals surface area contributed by atoms with E-state index in [-0.39, 0.29) is 19.0 Å². The number of fused-ring (bicyclic) bond motifs is 1. The van der Waals surface area contributed by atoms with Gasteiger partial charge in [-0.1, -0.05) is 6.92 Å². The number of hydrogen-bond acceptors (Lipinski definition) is 4. The van der Waals surface area contributed by atoms with Crippen LogP contribution in [-0.4, -0.2) is 62.5 Å². The molecule has 0 spiro atoms. The lowest BCUT2D eigenvalue weighted by molar-refractivity contribution is -0.133. The van der Waals surface area contributed by atoms with Crippen molar-refractivity contribution in [3.8, 4) is 11.5 Å². The summed E-state index contributed by atoms with van der Waals surface area (Å²) in [6.45, 7) is 3.11. The molecule has 1 amide bonds. The van der Waals surface area contributed by atoms with Crippen molar-refractivity contribution in [2.24, 2.45) is 0 Å². The second kappa shape index (κ2) is 8.99. The lowest BCUT2D eigenvalue weighted by Crippen LogP contribution is -2.44. The minimum Gasteiger partial charge on any atom is -0.493 e. The van der Waals surface area contributed by atoms with Gasteiger partial charge in [-0.3, -0.25) is 9.69 Å². The fourth-order valence-corrected chi connectivity index (χ4v) is 3.13. The van der Waals surface area contributed by atoms with Crippen LogP contribution in [0.2, 0.25) is 0 Å². The molecule has 1 heterocycles. The molecule has 0 saturated heterocycles. The summed E-state index contributed by atoms with van der Waals surface area (Å²) in [4.78, 5) is 15.8. The van der Waals surface area contributed by atoms with Crippen LogP contribution in [0.4, 0.5) is 8.78 Å². The highest BCUT2D eigenvalue weighted by Gasteiger charge is 2.24. The minimum atomic E-state index is -2.43. The second-order valence-electron chi connectivity index (χ2n) is 6.17. The van der Waals surface area contributed by atoms with Gasteiger partial charge in [0.15, 0.2) is 11.5 Å². The molecule has 1 aliphatic heterocycles. The van der Waals surface area contributed by atoms with Crippen LogP contribution in [0, 0.1) is 0 Å². The SMILES string of the molecule is CCCN(CC(=O)N1CCc2cc(OC)c(OC)cc2C1)CC(F)F. The topological polar surface area (TPSA) is 42.0 Å². The Kier molecular flexibility index (Phi) is 6.99. The highest BCUT2D eigenvalue weighted by molar-refractivity contribution is 5.78. The molecule has 0 bridgehead atoms. The molecule has 0 fully saturated rings. The smallest absolute Gasteiger partial charge is 0.251 e. The molecule has 2 rings (SSSR count). The zero-order valence-corrected chi connectivity index (χ0v) is 15.1. The molecule has 1 aromatic rings. The van der Waals surface area contributed by atoms with Gasteiger partial charge in [-0.15, -0.1) is 0 Å². The molecule has 7 heteroatoms. The molecular weight excluding hydrogens is 330 g/mol. The number of alkyl halides is 2. The van der Waals surface area contributed by atoms with Gasteiger partial charge in [-0.05, 0) is 42.6 Å². The summed E-state index contributed by atoms with van der Waals surface area (Å²) < 4.78 is 35.9. The quantitative estimate of drug-likeness (QED) is 0.718. The molecule has 0 unspecified atom stereocenters. The lowest BCUT2D eigenvalue weighted by atomic mass is 9.98. The van der Waals surface area contributed by atoms with Crippen LogP contribution in [0.15, 0.2) is 12.1 Å². The van der Waals surface area contributed by atoms with E-state index in [1.54, 1.807) is 19.1 Å². The summed E-state index contributed by atoms with van der Waals surface area (Å²) in [7, 11) is 3.16. The number of halogens is 2. The van der Waals surface area contributed by atoms with Crippen molar-refractivity contribution in [3.05, 3.63) is 23.3 Å². The molecule has 0 radical (unpaired) electrons. The number of hydrogen-bond donors (Lipinski definition) is 0. The minimum absolute atomic E-state index is 0.0286. The summed E-state index contributed by atoms with van der Waals surface area (Å²) in [5.74, 6) is 1.18. The number of benzene rings is 1. The third kappa shape index (κ3) is 5.04. The Hall–Kier alpha value is -1.89. The predicted molar refractivity (Wildman–Crippen MR) is 91.4 cm³/mol. The van der Waals surface area contributed by atoms with Gasteiger partial charge >= 0.3 is 0 Å². The molecule has 140 valence electrons. The number of amides is 1. The van der Waals surface area contributed by atoms with Gasteiger partial charge in [0.2, 0.25) is 5.91 Å². The summed E-state index contributed by atoms with van der Waals surface area (Å²) in [5.41, 5.74) is 2.13. The van der Waals surface area contributed by atoms with E-state index in [2.05, 4.69) is 0 Å². The first-order valence-corrected chi connectivity index (χ1v) is 8.50. The normalized spacial score (nSPS) is 14.0. The van der Waals surface area contributed by atoms with Crippen molar-refractivity contribution in [2.75, 3.05) is 40.4 Å². The van der Waals surface area contributed by atoms with E-state index >= 15 is 0 Å². The molecular formula is C18H26F2N2O3. The third-order valence-electron chi connectivity index (χ3n) is 4.37. The van der Waals surface area contributed by atoms with Crippen LogP contribution >= 0.6 is 0 Å². The van der Waals surface area contributed by atoms with Gasteiger partial charge in [0, 0.05) is 13.1 Å². The maximum atomic E-state index is 12.7. The van der Waals surface area contributed by atoms with Crippen LogP contribution in [0.3, 0.4) is 0 Å². The Bertz CT molecular complexity index is 596. The predicted octanol–water partition coefficient (Wildman–Crippen LogP) is 2.57. The van der Waals surface area contributed by atoms with Gasteiger partial charge in [-0.2, -0.15) is 0 Å². The van der Waals surface area contributed by atoms with E-state index in [0.29, 0.717) is 37.6 Å². The van der Waals surface area contributed by atoms with Gasteiger partial charge in [0.25, 0.3) is 6.43 Å². The average Bonchev–Trinajstić information content (AvgIpc) is 2.59. The molecule has 5 nitrogen and oxygen atoms in total. The molecule has 1 aromatic carbocycles. The van der Waals surface area contributed by atoms with E-state index in [1.807, 2.05) is 19.1 Å². The number of ether oxygens (including phenoxy) is 2. The fraction of sp³-hybridized carbons (Fsp3) is 0.611. The Morgan fingerprint density at radius 2 is 1.88 bits per heavy atom. The molecule has 1 aliphatic rings. The van der Waals surface area contributed by atoms with E-state index in [1.165, 1.54) is 4.90 Å². The number of rotatable bonds is 8. The second-order valence-corrected chi connectivity index (χ2v) is 6.17. The summed E-state index contributed by atoms with van der Waals surface area (Å²) in [6, 6.07) is 3.83. The Morgan fingerprint density at radius 1 is 1.24 bits per heavy atom. The van der Waals surface area contributed by atoms with Crippen molar-refractivity contribution in [1.29, 1.82) is 0 Å². The molecule has 0 N–H and O–H groups in total. The van der Waals surface area contributed by atoms with Crippen molar-refractivity contribution >= 4 is 5.91 Å². The van der Waals surface area contributed by atoms with Gasteiger partial charge in [0.1, 0.15) is 0 Å². The van der Waals surface area contributed by atoms with E-state index in [9.17, 15) is 13.6 Å². The lowest BCUT2D eigenvalue weighted by Gasteiger charge is -2.31. The molecule has 25 heavy (non-hydrogen) atoms.